The van der Waals surface area contributed by atoms with E-state index in [9.17, 15) is 0 Å². The summed E-state index contributed by atoms with van der Waals surface area (Å²) in [5, 5.41) is 39.3. The van der Waals surface area contributed by atoms with Crippen LogP contribution in [-0.2, 0) is 4.74 Å². The number of nitrogens with one attached hydrogen (secondary N) is 12. The van der Waals surface area contributed by atoms with Crippen LogP contribution in [0.2, 0.25) is 0 Å². The molecule has 35 nitrogen and oxygen atoms in total. The number of para-hydroxylation sites is 4. The van der Waals surface area contributed by atoms with Crippen LogP contribution in [0.3, 0.4) is 0 Å². The molecular weight excluding hydrogens is 1850 g/mol. The lowest BCUT2D eigenvalue weighted by Crippen LogP contribution is -2.24. The van der Waals surface area contributed by atoms with Crippen molar-refractivity contribution >= 4 is 106 Å². The second-order valence-corrected chi connectivity index (χ2v) is 36.1. The van der Waals surface area contributed by atoms with Crippen molar-refractivity contribution in [3.63, 3.8) is 0 Å². The van der Waals surface area contributed by atoms with Gasteiger partial charge in [0.25, 0.3) is 0 Å². The number of aromatic nitrogens is 22. The van der Waals surface area contributed by atoms with Crippen LogP contribution in [0.5, 0.6) is 0 Å². The summed E-state index contributed by atoms with van der Waals surface area (Å²) in [6.07, 6.45) is 19.8. The molecule has 0 bridgehead atoms. The van der Waals surface area contributed by atoms with E-state index in [2.05, 4.69) is 194 Å². The van der Waals surface area contributed by atoms with Crippen molar-refractivity contribution in [3.05, 3.63) is 340 Å². The number of ether oxygens (including phenoxy) is 1. The molecule has 0 spiro atoms. The van der Waals surface area contributed by atoms with Gasteiger partial charge < -0.3 is 68.5 Å². The average molecular weight is 1970 g/mol. The van der Waals surface area contributed by atoms with Gasteiger partial charge in [0.1, 0.15) is 12.0 Å². The van der Waals surface area contributed by atoms with Gasteiger partial charge in [0, 0.05) is 119 Å². The van der Waals surface area contributed by atoms with Crippen molar-refractivity contribution in [2.24, 2.45) is 11.8 Å². The normalized spacial score (nSPS) is 13.1. The molecule has 0 amide bonds. The maximum absolute atomic E-state index is 5.17. The number of anilines is 18. The monoisotopic (exact) mass is 1970 g/mol. The molecule has 9 heterocycles. The minimum Gasteiger partial charge on any atom is -0.383 e. The Morgan fingerprint density at radius 1 is 0.297 bits per heavy atom. The van der Waals surface area contributed by atoms with Crippen LogP contribution in [0.15, 0.2) is 335 Å². The van der Waals surface area contributed by atoms with E-state index in [4.69, 9.17) is 4.74 Å². The zero-order valence-corrected chi connectivity index (χ0v) is 84.6. The number of hydrogen-bond acceptors (Lipinski definition) is 35. The summed E-state index contributed by atoms with van der Waals surface area (Å²) in [5.74, 6) is 11.4. The Labute approximate surface area is 863 Å². The highest BCUT2D eigenvalue weighted by Crippen LogP contribution is 2.32. The SMILES string of the molecule is CC(C)CNc1nc(Nc2ccncc2)nc(-c2ccccc2)n1.CC(C)Nc1nc(Nc2cncnc2)nc(-c2ccccc2)n1.COCC(C)Nc1nc(Nc2ccccc2)nc(-c2ccccc2)n1.C[C@@H]1CCC(Nc2nc(Nc3ccccc3)nc(-c3ccccc3)n2)C1.Cc1ccnc(-c2nc(Nc3ccccc3)nc(NC(C)C)n2)c1.c1ccc(Nc2nc(NC3CCCCC3)nc(-c3ccccc3)n2)cc1. The molecule has 35 heteroatoms. The van der Waals surface area contributed by atoms with E-state index in [1.165, 1.54) is 44.9 Å². The second kappa shape index (κ2) is 55.0. The van der Waals surface area contributed by atoms with Gasteiger partial charge in [-0.1, -0.05) is 264 Å². The zero-order chi connectivity index (χ0) is 103. The first kappa shape index (κ1) is 104. The fourth-order valence-corrected chi connectivity index (χ4v) is 15.3. The van der Waals surface area contributed by atoms with Gasteiger partial charge >= 0.3 is 0 Å². The van der Waals surface area contributed by atoms with Crippen LogP contribution in [0.1, 0.15) is 112 Å². The summed E-state index contributed by atoms with van der Waals surface area (Å²) in [7, 11) is 1.67. The summed E-state index contributed by atoms with van der Waals surface area (Å²) in [4.78, 5) is 98.0. The molecule has 2 saturated carbocycles. The molecule has 0 saturated heterocycles. The van der Waals surface area contributed by atoms with Crippen LogP contribution in [0.4, 0.5) is 106 Å². The molecule has 2 fully saturated rings. The fourth-order valence-electron chi connectivity index (χ4n) is 15.3. The highest BCUT2D eigenvalue weighted by Gasteiger charge is 2.25. The van der Waals surface area contributed by atoms with Crippen LogP contribution in [0, 0.1) is 18.8 Å². The molecule has 0 aliphatic heterocycles. The van der Waals surface area contributed by atoms with Crippen molar-refractivity contribution in [1.82, 2.24) is 110 Å². The number of methoxy groups -OCH3 is 1. The molecule has 2 unspecified atom stereocenters. The van der Waals surface area contributed by atoms with Gasteiger partial charge in [0.05, 0.1) is 24.7 Å². The highest BCUT2D eigenvalue weighted by atomic mass is 16.5. The van der Waals surface area contributed by atoms with E-state index in [1.807, 2.05) is 339 Å². The number of aryl methyl sites for hydroxylation is 1. The molecule has 148 heavy (non-hydrogen) atoms. The molecular formula is C113H124N34O. The average Bonchev–Trinajstić information content (AvgIpc) is 1.65. The van der Waals surface area contributed by atoms with Crippen LogP contribution in [0.25, 0.3) is 68.5 Å². The van der Waals surface area contributed by atoms with Gasteiger partial charge in [-0.15, -0.1) is 0 Å². The summed E-state index contributed by atoms with van der Waals surface area (Å²) in [6.45, 7) is 20.1. The topological polar surface area (TPSA) is 437 Å². The third kappa shape index (κ3) is 34.4. The van der Waals surface area contributed by atoms with E-state index in [0.29, 0.717) is 137 Å². The van der Waals surface area contributed by atoms with Crippen molar-refractivity contribution < 1.29 is 4.74 Å². The fraction of sp³-hybridized carbons (Fsp3) is 0.239. The Morgan fingerprint density at radius 2 is 0.615 bits per heavy atom. The predicted molar refractivity (Wildman–Crippen MR) is 593 cm³/mol. The molecule has 18 aromatic rings. The van der Waals surface area contributed by atoms with E-state index in [-0.39, 0.29) is 18.1 Å². The van der Waals surface area contributed by atoms with Crippen LogP contribution < -0.4 is 63.8 Å². The highest BCUT2D eigenvalue weighted by molar-refractivity contribution is 5.68. The van der Waals surface area contributed by atoms with Crippen molar-refractivity contribution in [2.75, 3.05) is 84.1 Å². The van der Waals surface area contributed by atoms with Gasteiger partial charge in [-0.25, -0.2) is 9.97 Å². The molecule has 752 valence electrons. The first-order valence-corrected chi connectivity index (χ1v) is 49.7. The van der Waals surface area contributed by atoms with Gasteiger partial charge in [-0.05, 0) is 164 Å². The first-order chi connectivity index (χ1) is 72.4. The van der Waals surface area contributed by atoms with E-state index >= 15 is 0 Å². The van der Waals surface area contributed by atoms with Crippen molar-refractivity contribution in [3.8, 4) is 68.5 Å². The molecule has 2 aliphatic rings. The number of benzene rings is 9. The number of hydrogen-bond donors (Lipinski definition) is 12. The Kier molecular flexibility index (Phi) is 38.8. The van der Waals surface area contributed by atoms with Crippen LogP contribution in [-0.4, -0.2) is 160 Å². The molecule has 9 aromatic heterocycles. The smallest absolute Gasteiger partial charge is 0.232 e. The third-order valence-corrected chi connectivity index (χ3v) is 22.3. The molecule has 20 rings (SSSR count). The number of nitrogens with zero attached hydrogens (tertiary/aromatic N) is 22. The lowest BCUT2D eigenvalue weighted by atomic mass is 9.96. The van der Waals surface area contributed by atoms with Crippen LogP contribution >= 0.6 is 0 Å². The molecule has 9 aromatic carbocycles. The Balaban J connectivity index is 0.000000133. The van der Waals surface area contributed by atoms with Gasteiger partial charge in [0.15, 0.2) is 34.9 Å². The van der Waals surface area contributed by atoms with Gasteiger partial charge in [-0.3, -0.25) is 9.97 Å². The standard InChI is InChI=1S/2C21H23N5.C19H21N5O.2C18H20N6.C16H17N7/c1-15-12-13-18(14-15)23-21-25-19(16-8-4-2-5-9-16)24-20(26-21)22-17-10-6-3-7-11-17;1-4-10-16(11-5-1)19-24-20(22-17-12-6-2-7-13-17)26-21(25-19)23-18-14-8-3-9-15-18;1-14(13-25-2)20-18-22-17(15-9-5-3-6-10-15)23-19(24-18)21-16-11-7-4-8-12-16;1-12(2)20-17-22-16(15-11-13(3)9-10-19-15)23-18(24-17)21-14-7-5-4-6-8-14;1-13(2)12-20-17-22-16(14-6-4-3-5-7-14)23-18(24-17)21-15-8-10-19-11-9-15;1-11(2)19-15-21-14(12-6-4-3-5-7-12)22-16(23-15)20-13-8-17-10-18-9-13/h2-11,15,18H,12-14H2,1H3,(H2,22,23,24,25,26);1-2,4-7,10-13,18H,3,8-9,14-15H2,(H2,22,23,24,25,26);3-12,14H,13H2,1-2H3,(H2,20,21,22,23,24);4-12H,1-3H3,(H2,20,21,22,23,24);3-11,13H,12H2,1-2H3,(H2,19,20,21,22,23,24);3-11H,1-2H3,(H2,19,20,21,22,23)/t15-,18?;;;;;/m1...../s1. The Hall–Kier alpha value is -18.0. The lowest BCUT2D eigenvalue weighted by Gasteiger charge is -2.23. The summed E-state index contributed by atoms with van der Waals surface area (Å²) in [6, 6.07) is 98.1. The molecule has 3 atom stereocenters. The van der Waals surface area contributed by atoms with E-state index < -0.39 is 0 Å². The lowest BCUT2D eigenvalue weighted by molar-refractivity contribution is 0.190. The predicted octanol–water partition coefficient (Wildman–Crippen LogP) is 24.1. The molecule has 12 N–H and O–H groups in total. The maximum atomic E-state index is 5.17. The summed E-state index contributed by atoms with van der Waals surface area (Å²) < 4.78 is 5.17. The van der Waals surface area contributed by atoms with Crippen molar-refractivity contribution in [2.45, 2.75) is 144 Å². The number of pyridine rings is 2. The Bertz CT molecular complexity index is 6870. The first-order valence-electron chi connectivity index (χ1n) is 49.7. The second-order valence-electron chi connectivity index (χ2n) is 36.1. The maximum Gasteiger partial charge on any atom is 0.232 e. The minimum atomic E-state index is 0.0839. The Morgan fingerprint density at radius 3 is 0.973 bits per heavy atom. The van der Waals surface area contributed by atoms with Gasteiger partial charge in [-0.2, -0.15) is 89.7 Å². The number of rotatable bonds is 33. The summed E-state index contributed by atoms with van der Waals surface area (Å²) >= 11 is 0. The van der Waals surface area contributed by atoms with Gasteiger partial charge in [0.2, 0.25) is 71.4 Å². The third-order valence-electron chi connectivity index (χ3n) is 22.3. The summed E-state index contributed by atoms with van der Waals surface area (Å²) in [5.41, 5.74) is 12.0. The van der Waals surface area contributed by atoms with E-state index in [1.54, 1.807) is 38.1 Å². The largest absolute Gasteiger partial charge is 0.383 e. The van der Waals surface area contributed by atoms with E-state index in [0.717, 1.165) is 92.8 Å². The zero-order valence-electron chi connectivity index (χ0n) is 84.6. The molecule has 2 aliphatic carbocycles. The van der Waals surface area contributed by atoms with Crippen molar-refractivity contribution in [1.29, 1.82) is 0 Å². The quantitative estimate of drug-likeness (QED) is 0.0182. The molecule has 0 radical (unpaired) electrons. The minimum absolute atomic E-state index is 0.0839.